The number of para-hydroxylation sites is 1. The van der Waals surface area contributed by atoms with Gasteiger partial charge in [0.15, 0.2) is 5.76 Å². The minimum absolute atomic E-state index is 0.0154. The SMILES string of the molecule is Cc1cn[nH]c1[C@@H]1CCN(C(=O)c2oc3ccccc3c2C)C1. The van der Waals surface area contributed by atoms with Gasteiger partial charge in [-0.3, -0.25) is 9.89 Å². The molecule has 0 radical (unpaired) electrons. The summed E-state index contributed by atoms with van der Waals surface area (Å²) >= 11 is 0. The number of benzene rings is 1. The molecule has 5 heteroatoms. The Labute approximate surface area is 134 Å². The van der Waals surface area contributed by atoms with E-state index in [1.54, 1.807) is 0 Å². The van der Waals surface area contributed by atoms with E-state index < -0.39 is 0 Å². The summed E-state index contributed by atoms with van der Waals surface area (Å²) in [5.74, 6) is 0.776. The Morgan fingerprint density at radius 1 is 1.35 bits per heavy atom. The van der Waals surface area contributed by atoms with Crippen molar-refractivity contribution in [2.45, 2.75) is 26.2 Å². The lowest BCUT2D eigenvalue weighted by atomic mass is 10.0. The number of furan rings is 1. The normalized spacial score (nSPS) is 18.0. The zero-order valence-corrected chi connectivity index (χ0v) is 13.3. The van der Waals surface area contributed by atoms with Gasteiger partial charge in [-0.25, -0.2) is 0 Å². The average Bonchev–Trinajstić information content (AvgIpc) is 3.26. The van der Waals surface area contributed by atoms with E-state index in [1.807, 2.05) is 49.2 Å². The number of H-pyrrole nitrogens is 1. The molecule has 3 heterocycles. The van der Waals surface area contributed by atoms with Crippen LogP contribution < -0.4 is 0 Å². The molecule has 2 aromatic heterocycles. The molecule has 1 N–H and O–H groups in total. The zero-order chi connectivity index (χ0) is 16.0. The molecular weight excluding hydrogens is 290 g/mol. The molecule has 23 heavy (non-hydrogen) atoms. The van der Waals surface area contributed by atoms with Gasteiger partial charge in [0.2, 0.25) is 0 Å². The summed E-state index contributed by atoms with van der Waals surface area (Å²) in [4.78, 5) is 14.7. The zero-order valence-electron chi connectivity index (χ0n) is 13.3. The number of carbonyl (C=O) groups excluding carboxylic acids is 1. The lowest BCUT2D eigenvalue weighted by Gasteiger charge is -2.15. The van der Waals surface area contributed by atoms with Crippen molar-refractivity contribution in [3.8, 4) is 0 Å². The van der Waals surface area contributed by atoms with Crippen LogP contribution in [0.3, 0.4) is 0 Å². The third-order valence-electron chi connectivity index (χ3n) is 4.79. The Balaban J connectivity index is 1.60. The number of nitrogens with one attached hydrogen (secondary N) is 1. The number of fused-ring (bicyclic) bond motifs is 1. The monoisotopic (exact) mass is 309 g/mol. The van der Waals surface area contributed by atoms with E-state index in [-0.39, 0.29) is 5.91 Å². The van der Waals surface area contributed by atoms with Crippen LogP contribution in [-0.2, 0) is 0 Å². The van der Waals surface area contributed by atoms with Gasteiger partial charge >= 0.3 is 0 Å². The number of aromatic amines is 1. The molecule has 0 unspecified atom stereocenters. The molecule has 0 saturated carbocycles. The Hall–Kier alpha value is -2.56. The smallest absolute Gasteiger partial charge is 0.289 e. The molecule has 1 aromatic carbocycles. The van der Waals surface area contributed by atoms with Crippen LogP contribution in [0.15, 0.2) is 34.9 Å². The Kier molecular flexibility index (Phi) is 3.22. The highest BCUT2D eigenvalue weighted by atomic mass is 16.3. The average molecular weight is 309 g/mol. The summed E-state index contributed by atoms with van der Waals surface area (Å²) < 4.78 is 5.81. The number of hydrogen-bond donors (Lipinski definition) is 1. The number of aromatic nitrogens is 2. The fourth-order valence-electron chi connectivity index (χ4n) is 3.47. The van der Waals surface area contributed by atoms with Crippen molar-refractivity contribution >= 4 is 16.9 Å². The molecule has 1 atom stereocenters. The first kappa shape index (κ1) is 14.1. The number of rotatable bonds is 2. The van der Waals surface area contributed by atoms with Crippen LogP contribution in [0.1, 0.15) is 39.7 Å². The summed E-state index contributed by atoms with van der Waals surface area (Å²) in [5.41, 5.74) is 3.99. The van der Waals surface area contributed by atoms with Crippen LogP contribution in [0.5, 0.6) is 0 Å². The fraction of sp³-hybridized carbons (Fsp3) is 0.333. The fourth-order valence-corrected chi connectivity index (χ4v) is 3.47. The summed E-state index contributed by atoms with van der Waals surface area (Å²) in [6.07, 6.45) is 2.79. The number of likely N-dealkylation sites (tertiary alicyclic amines) is 1. The highest BCUT2D eigenvalue weighted by Gasteiger charge is 2.32. The van der Waals surface area contributed by atoms with Crippen molar-refractivity contribution in [3.63, 3.8) is 0 Å². The maximum absolute atomic E-state index is 12.8. The van der Waals surface area contributed by atoms with Gasteiger partial charge in [-0.05, 0) is 31.9 Å². The van der Waals surface area contributed by atoms with Crippen molar-refractivity contribution in [2.75, 3.05) is 13.1 Å². The van der Waals surface area contributed by atoms with Crippen LogP contribution in [-0.4, -0.2) is 34.1 Å². The van der Waals surface area contributed by atoms with E-state index in [9.17, 15) is 4.79 Å². The number of carbonyl (C=O) groups is 1. The van der Waals surface area contributed by atoms with Gasteiger partial charge in [0.05, 0.1) is 6.20 Å². The van der Waals surface area contributed by atoms with E-state index in [0.29, 0.717) is 18.2 Å². The predicted molar refractivity (Wildman–Crippen MR) is 87.5 cm³/mol. The van der Waals surface area contributed by atoms with Crippen molar-refractivity contribution < 1.29 is 9.21 Å². The first-order chi connectivity index (χ1) is 11.1. The van der Waals surface area contributed by atoms with E-state index in [4.69, 9.17) is 4.42 Å². The van der Waals surface area contributed by atoms with Crippen LogP contribution in [0, 0.1) is 13.8 Å². The van der Waals surface area contributed by atoms with Gasteiger partial charge in [-0.1, -0.05) is 18.2 Å². The Morgan fingerprint density at radius 2 is 2.17 bits per heavy atom. The van der Waals surface area contributed by atoms with Crippen molar-refractivity contribution in [3.05, 3.63) is 53.0 Å². The molecular formula is C18H19N3O2. The quantitative estimate of drug-likeness (QED) is 0.789. The van der Waals surface area contributed by atoms with Gasteiger partial charge in [0.25, 0.3) is 5.91 Å². The van der Waals surface area contributed by atoms with Crippen molar-refractivity contribution in [1.82, 2.24) is 15.1 Å². The lowest BCUT2D eigenvalue weighted by molar-refractivity contribution is 0.0760. The second-order valence-corrected chi connectivity index (χ2v) is 6.26. The van der Waals surface area contributed by atoms with Gasteiger partial charge in [-0.2, -0.15) is 5.10 Å². The lowest BCUT2D eigenvalue weighted by Crippen LogP contribution is -2.28. The minimum atomic E-state index is -0.0154. The summed E-state index contributed by atoms with van der Waals surface area (Å²) in [6.45, 7) is 5.45. The number of hydrogen-bond acceptors (Lipinski definition) is 3. The highest BCUT2D eigenvalue weighted by molar-refractivity contribution is 5.99. The second-order valence-electron chi connectivity index (χ2n) is 6.26. The van der Waals surface area contributed by atoms with Crippen LogP contribution in [0.2, 0.25) is 0 Å². The van der Waals surface area contributed by atoms with Gasteiger partial charge < -0.3 is 9.32 Å². The summed E-state index contributed by atoms with van der Waals surface area (Å²) in [5, 5.41) is 8.17. The Morgan fingerprint density at radius 3 is 2.91 bits per heavy atom. The minimum Gasteiger partial charge on any atom is -0.451 e. The third kappa shape index (κ3) is 2.23. The van der Waals surface area contributed by atoms with Crippen LogP contribution >= 0.6 is 0 Å². The molecule has 1 aliphatic rings. The molecule has 1 saturated heterocycles. The standard InChI is InChI=1S/C18H19N3O2/c1-11-9-19-20-16(11)13-7-8-21(10-13)18(22)17-12(2)14-5-3-4-6-15(14)23-17/h3-6,9,13H,7-8,10H2,1-2H3,(H,19,20)/t13-/m1/s1. The summed E-state index contributed by atoms with van der Waals surface area (Å²) in [7, 11) is 0. The molecule has 1 amide bonds. The first-order valence-electron chi connectivity index (χ1n) is 7.92. The Bertz CT molecular complexity index is 877. The molecule has 5 nitrogen and oxygen atoms in total. The van der Waals surface area contributed by atoms with Gasteiger partial charge in [-0.15, -0.1) is 0 Å². The molecule has 1 fully saturated rings. The molecule has 3 aromatic rings. The highest BCUT2D eigenvalue weighted by Crippen LogP contribution is 2.31. The maximum Gasteiger partial charge on any atom is 0.289 e. The number of aryl methyl sites for hydroxylation is 2. The summed E-state index contributed by atoms with van der Waals surface area (Å²) in [6, 6.07) is 7.78. The van der Waals surface area contributed by atoms with Crippen molar-refractivity contribution in [2.24, 2.45) is 0 Å². The molecule has 4 rings (SSSR count). The molecule has 0 aliphatic carbocycles. The van der Waals surface area contributed by atoms with E-state index >= 15 is 0 Å². The van der Waals surface area contributed by atoms with Crippen molar-refractivity contribution in [1.29, 1.82) is 0 Å². The maximum atomic E-state index is 12.8. The molecule has 1 aliphatic heterocycles. The van der Waals surface area contributed by atoms with Gasteiger partial charge in [0.1, 0.15) is 5.58 Å². The first-order valence-corrected chi connectivity index (χ1v) is 7.92. The van der Waals surface area contributed by atoms with Crippen LogP contribution in [0.4, 0.5) is 0 Å². The molecule has 0 spiro atoms. The molecule has 118 valence electrons. The van der Waals surface area contributed by atoms with Gasteiger partial charge in [0, 0.05) is 35.7 Å². The predicted octanol–water partition coefficient (Wildman–Crippen LogP) is 3.40. The van der Waals surface area contributed by atoms with E-state index in [0.717, 1.165) is 40.8 Å². The topological polar surface area (TPSA) is 62.1 Å². The molecule has 0 bridgehead atoms. The second kappa shape index (κ2) is 5.26. The number of nitrogens with zero attached hydrogens (tertiary/aromatic N) is 2. The van der Waals surface area contributed by atoms with Crippen LogP contribution in [0.25, 0.3) is 11.0 Å². The number of amides is 1. The third-order valence-corrected chi connectivity index (χ3v) is 4.79. The van der Waals surface area contributed by atoms with E-state index in [1.165, 1.54) is 0 Å². The van der Waals surface area contributed by atoms with E-state index in [2.05, 4.69) is 10.2 Å². The largest absolute Gasteiger partial charge is 0.451 e.